The van der Waals surface area contributed by atoms with Crippen molar-refractivity contribution in [1.82, 2.24) is 15.6 Å². The second-order valence-electron chi connectivity index (χ2n) is 6.14. The molecule has 6 heteroatoms. The number of rotatable bonds is 6. The minimum Gasteiger partial charge on any atom is -0.486 e. The van der Waals surface area contributed by atoms with Gasteiger partial charge in [-0.2, -0.15) is 0 Å². The fourth-order valence-electron chi connectivity index (χ4n) is 2.75. The predicted octanol–water partition coefficient (Wildman–Crippen LogP) is 3.51. The lowest BCUT2D eigenvalue weighted by Gasteiger charge is -2.18. The van der Waals surface area contributed by atoms with Crippen molar-refractivity contribution in [2.45, 2.75) is 19.6 Å². The van der Waals surface area contributed by atoms with E-state index in [0.29, 0.717) is 19.0 Å². The molecule has 0 aliphatic heterocycles. The summed E-state index contributed by atoms with van der Waals surface area (Å²) in [7, 11) is 1.70. The van der Waals surface area contributed by atoms with Gasteiger partial charge in [0.05, 0.1) is 18.8 Å². The number of guanidine groups is 1. The number of para-hydroxylation sites is 1. The summed E-state index contributed by atoms with van der Waals surface area (Å²) in [6.45, 7) is 2.90. The topological polar surface area (TPSA) is 58.5 Å². The molecule has 2 aromatic carbocycles. The molecule has 1 unspecified atom stereocenters. The normalized spacial score (nSPS) is 12.6. The van der Waals surface area contributed by atoms with E-state index >= 15 is 0 Å². The SMILES string of the molecule is CN=C(NCc1nccc2ccccc12)NCC(C)Oc1ccccc1F. The van der Waals surface area contributed by atoms with Crippen LogP contribution in [0.2, 0.25) is 0 Å². The van der Waals surface area contributed by atoms with Crippen LogP contribution in [0.5, 0.6) is 5.75 Å². The molecule has 0 spiro atoms. The number of pyridine rings is 1. The van der Waals surface area contributed by atoms with Crippen molar-refractivity contribution in [1.29, 1.82) is 0 Å². The molecule has 1 atom stereocenters. The van der Waals surface area contributed by atoms with Gasteiger partial charge in [-0.3, -0.25) is 9.98 Å². The highest BCUT2D eigenvalue weighted by molar-refractivity contribution is 5.85. The molecule has 140 valence electrons. The van der Waals surface area contributed by atoms with E-state index in [1.165, 1.54) is 6.07 Å². The third kappa shape index (κ3) is 4.94. The van der Waals surface area contributed by atoms with Crippen LogP contribution in [-0.4, -0.2) is 30.6 Å². The highest BCUT2D eigenvalue weighted by atomic mass is 19.1. The smallest absolute Gasteiger partial charge is 0.191 e. The summed E-state index contributed by atoms with van der Waals surface area (Å²) < 4.78 is 19.3. The van der Waals surface area contributed by atoms with E-state index in [2.05, 4.69) is 32.7 Å². The van der Waals surface area contributed by atoms with Gasteiger partial charge in [0.15, 0.2) is 17.5 Å². The van der Waals surface area contributed by atoms with E-state index in [-0.39, 0.29) is 17.7 Å². The molecule has 5 nitrogen and oxygen atoms in total. The number of nitrogens with one attached hydrogen (secondary N) is 2. The second kappa shape index (κ2) is 8.98. The van der Waals surface area contributed by atoms with E-state index in [9.17, 15) is 4.39 Å². The lowest BCUT2D eigenvalue weighted by molar-refractivity contribution is 0.214. The van der Waals surface area contributed by atoms with Gasteiger partial charge in [0.1, 0.15) is 6.10 Å². The zero-order valence-corrected chi connectivity index (χ0v) is 15.4. The molecule has 1 heterocycles. The van der Waals surface area contributed by atoms with Crippen LogP contribution < -0.4 is 15.4 Å². The van der Waals surface area contributed by atoms with Gasteiger partial charge >= 0.3 is 0 Å². The van der Waals surface area contributed by atoms with E-state index in [0.717, 1.165) is 16.5 Å². The predicted molar refractivity (Wildman–Crippen MR) is 106 cm³/mol. The Bertz CT molecular complexity index is 923. The lowest BCUT2D eigenvalue weighted by atomic mass is 10.1. The molecule has 0 saturated heterocycles. The molecule has 0 amide bonds. The highest BCUT2D eigenvalue weighted by Crippen LogP contribution is 2.17. The number of aliphatic imine (C=N–C) groups is 1. The Kier molecular flexibility index (Phi) is 6.20. The Morgan fingerprint density at radius 1 is 1.11 bits per heavy atom. The van der Waals surface area contributed by atoms with Gasteiger partial charge in [-0.15, -0.1) is 0 Å². The Morgan fingerprint density at radius 2 is 1.89 bits per heavy atom. The number of fused-ring (bicyclic) bond motifs is 1. The van der Waals surface area contributed by atoms with Gasteiger partial charge in [0, 0.05) is 18.6 Å². The summed E-state index contributed by atoms with van der Waals surface area (Å²) in [5.41, 5.74) is 0.951. The molecule has 27 heavy (non-hydrogen) atoms. The van der Waals surface area contributed by atoms with E-state index in [1.807, 2.05) is 25.1 Å². The van der Waals surface area contributed by atoms with Crippen molar-refractivity contribution in [2.24, 2.45) is 4.99 Å². The zero-order chi connectivity index (χ0) is 19.1. The van der Waals surface area contributed by atoms with Crippen LogP contribution in [0.1, 0.15) is 12.6 Å². The molecular formula is C21H23FN4O. The molecule has 0 saturated carbocycles. The average molecular weight is 366 g/mol. The summed E-state index contributed by atoms with van der Waals surface area (Å²) in [5.74, 6) is 0.511. The first kappa shape index (κ1) is 18.6. The van der Waals surface area contributed by atoms with Gasteiger partial charge in [-0.25, -0.2) is 4.39 Å². The van der Waals surface area contributed by atoms with Gasteiger partial charge < -0.3 is 15.4 Å². The first-order valence-corrected chi connectivity index (χ1v) is 8.85. The van der Waals surface area contributed by atoms with Gasteiger partial charge in [-0.05, 0) is 30.5 Å². The standard InChI is InChI=1S/C21H23FN4O/c1-15(27-20-10-6-5-9-18(20)22)13-25-21(23-2)26-14-19-17-8-4-3-7-16(17)11-12-24-19/h3-12,15H,13-14H2,1-2H3,(H2,23,25,26). The van der Waals surface area contributed by atoms with E-state index in [1.54, 1.807) is 31.4 Å². The molecule has 3 aromatic rings. The molecule has 1 aromatic heterocycles. The van der Waals surface area contributed by atoms with Crippen molar-refractivity contribution >= 4 is 16.7 Å². The Hall–Kier alpha value is -3.15. The monoisotopic (exact) mass is 366 g/mol. The molecule has 2 N–H and O–H groups in total. The average Bonchev–Trinajstić information content (AvgIpc) is 2.70. The number of hydrogen-bond acceptors (Lipinski definition) is 3. The number of benzene rings is 2. The van der Waals surface area contributed by atoms with Crippen molar-refractivity contribution in [3.05, 3.63) is 72.3 Å². The quantitative estimate of drug-likeness (QED) is 0.518. The number of aromatic nitrogens is 1. The maximum absolute atomic E-state index is 13.7. The summed E-state index contributed by atoms with van der Waals surface area (Å²) in [4.78, 5) is 8.68. The van der Waals surface area contributed by atoms with Gasteiger partial charge in [-0.1, -0.05) is 36.4 Å². The van der Waals surface area contributed by atoms with E-state index < -0.39 is 0 Å². The van der Waals surface area contributed by atoms with E-state index in [4.69, 9.17) is 4.74 Å². The molecule has 0 fully saturated rings. The second-order valence-corrected chi connectivity index (χ2v) is 6.14. The van der Waals surface area contributed by atoms with Crippen LogP contribution in [0.25, 0.3) is 10.8 Å². The van der Waals surface area contributed by atoms with Crippen LogP contribution >= 0.6 is 0 Å². The van der Waals surface area contributed by atoms with Crippen molar-refractivity contribution < 1.29 is 9.13 Å². The summed E-state index contributed by atoms with van der Waals surface area (Å²) in [6.07, 6.45) is 1.58. The van der Waals surface area contributed by atoms with Crippen LogP contribution in [-0.2, 0) is 6.54 Å². The van der Waals surface area contributed by atoms with Crippen molar-refractivity contribution in [3.63, 3.8) is 0 Å². The van der Waals surface area contributed by atoms with Gasteiger partial charge in [0.25, 0.3) is 0 Å². The largest absolute Gasteiger partial charge is 0.486 e. The maximum Gasteiger partial charge on any atom is 0.191 e. The molecular weight excluding hydrogens is 343 g/mol. The van der Waals surface area contributed by atoms with Crippen LogP contribution in [0.3, 0.4) is 0 Å². The number of hydrogen-bond donors (Lipinski definition) is 2. The summed E-state index contributed by atoms with van der Waals surface area (Å²) in [6, 6.07) is 16.5. The minimum absolute atomic E-state index is 0.226. The number of ether oxygens (including phenoxy) is 1. The minimum atomic E-state index is -0.367. The first-order valence-electron chi connectivity index (χ1n) is 8.85. The fourth-order valence-corrected chi connectivity index (χ4v) is 2.75. The molecule has 0 aliphatic carbocycles. The summed E-state index contributed by atoms with van der Waals surface area (Å²) >= 11 is 0. The first-order chi connectivity index (χ1) is 13.2. The lowest BCUT2D eigenvalue weighted by Crippen LogP contribution is -2.41. The summed E-state index contributed by atoms with van der Waals surface area (Å²) in [5, 5.41) is 8.71. The zero-order valence-electron chi connectivity index (χ0n) is 15.4. The Labute approximate surface area is 158 Å². The molecule has 0 aliphatic rings. The number of nitrogens with zero attached hydrogens (tertiary/aromatic N) is 2. The third-order valence-corrected chi connectivity index (χ3v) is 4.12. The molecule has 0 bridgehead atoms. The van der Waals surface area contributed by atoms with Crippen molar-refractivity contribution in [3.8, 4) is 5.75 Å². The number of halogens is 1. The Morgan fingerprint density at radius 3 is 2.70 bits per heavy atom. The molecule has 0 radical (unpaired) electrons. The highest BCUT2D eigenvalue weighted by Gasteiger charge is 2.09. The molecule has 3 rings (SSSR count). The fraction of sp³-hybridized carbons (Fsp3) is 0.238. The van der Waals surface area contributed by atoms with Crippen LogP contribution in [0, 0.1) is 5.82 Å². The maximum atomic E-state index is 13.7. The third-order valence-electron chi connectivity index (χ3n) is 4.12. The van der Waals surface area contributed by atoms with Gasteiger partial charge in [0.2, 0.25) is 0 Å². The van der Waals surface area contributed by atoms with Crippen LogP contribution in [0.15, 0.2) is 65.8 Å². The van der Waals surface area contributed by atoms with Crippen molar-refractivity contribution in [2.75, 3.05) is 13.6 Å². The van der Waals surface area contributed by atoms with Crippen LogP contribution in [0.4, 0.5) is 4.39 Å². The Balaban J connectivity index is 1.54.